The molecule has 1 heterocycles. The summed E-state index contributed by atoms with van der Waals surface area (Å²) in [4.78, 5) is 0. The largest absolute Gasteiger partial charge is 0.333 e. The SMILES string of the molecule is O=S(=O)=NN1CCc2ccccc21. The number of rotatable bonds is 1. The molecule has 68 valence electrons. The van der Waals surface area contributed by atoms with E-state index in [0.717, 1.165) is 17.7 Å². The monoisotopic (exact) mass is 196 g/mol. The van der Waals surface area contributed by atoms with Crippen molar-refractivity contribution >= 4 is 16.2 Å². The average molecular weight is 196 g/mol. The molecule has 0 atom stereocenters. The molecule has 13 heavy (non-hydrogen) atoms. The van der Waals surface area contributed by atoms with E-state index in [1.807, 2.05) is 24.3 Å². The van der Waals surface area contributed by atoms with E-state index in [1.54, 1.807) is 0 Å². The molecule has 1 aromatic carbocycles. The number of nitrogens with zero attached hydrogens (tertiary/aromatic N) is 2. The minimum Gasteiger partial charge on any atom is -0.250 e. The van der Waals surface area contributed by atoms with Gasteiger partial charge < -0.3 is 0 Å². The molecule has 0 radical (unpaired) electrons. The summed E-state index contributed by atoms with van der Waals surface area (Å²) in [7, 11) is -2.36. The predicted octanol–water partition coefficient (Wildman–Crippen LogP) is 1.03. The molecule has 5 heteroatoms. The minimum absolute atomic E-state index is 0.646. The van der Waals surface area contributed by atoms with Gasteiger partial charge in [-0.05, 0) is 18.1 Å². The minimum atomic E-state index is -2.36. The van der Waals surface area contributed by atoms with Crippen molar-refractivity contribution in [3.05, 3.63) is 29.8 Å². The van der Waals surface area contributed by atoms with E-state index in [4.69, 9.17) is 0 Å². The van der Waals surface area contributed by atoms with Crippen LogP contribution in [-0.4, -0.2) is 15.0 Å². The molecule has 0 saturated heterocycles. The molecule has 0 N–H and O–H groups in total. The summed E-state index contributed by atoms with van der Waals surface area (Å²) in [5.41, 5.74) is 2.04. The topological polar surface area (TPSA) is 49.7 Å². The Kier molecular flexibility index (Phi) is 2.02. The fourth-order valence-corrected chi connectivity index (χ4v) is 1.82. The van der Waals surface area contributed by atoms with E-state index in [-0.39, 0.29) is 0 Å². The zero-order valence-corrected chi connectivity index (χ0v) is 7.66. The van der Waals surface area contributed by atoms with Gasteiger partial charge in [0.25, 0.3) is 0 Å². The Morgan fingerprint density at radius 1 is 1.31 bits per heavy atom. The standard InChI is InChI=1S/C8H8N2O2S/c11-13(12)9-10-6-5-7-3-1-2-4-8(7)10/h1-4H,5-6H2. The third kappa shape index (κ3) is 1.55. The maximum Gasteiger partial charge on any atom is 0.333 e. The molecule has 0 bridgehead atoms. The maximum atomic E-state index is 10.4. The summed E-state index contributed by atoms with van der Waals surface area (Å²) in [6.45, 7) is 0.646. The van der Waals surface area contributed by atoms with Crippen molar-refractivity contribution in [2.45, 2.75) is 6.42 Å². The number of hydrogen-bond acceptors (Lipinski definition) is 3. The first kappa shape index (κ1) is 8.25. The van der Waals surface area contributed by atoms with Crippen molar-refractivity contribution in [3.63, 3.8) is 0 Å². The Morgan fingerprint density at radius 2 is 2.08 bits per heavy atom. The second-order valence-electron chi connectivity index (χ2n) is 2.80. The van der Waals surface area contributed by atoms with Gasteiger partial charge in [-0.15, -0.1) is 0 Å². The van der Waals surface area contributed by atoms with Crippen LogP contribution >= 0.6 is 0 Å². The molecule has 2 rings (SSSR count). The van der Waals surface area contributed by atoms with Gasteiger partial charge in [-0.3, -0.25) is 0 Å². The molecular weight excluding hydrogens is 188 g/mol. The summed E-state index contributed by atoms with van der Waals surface area (Å²) in [6.07, 6.45) is 0.858. The average Bonchev–Trinajstić information content (AvgIpc) is 2.48. The second-order valence-corrected chi connectivity index (χ2v) is 3.40. The van der Waals surface area contributed by atoms with Crippen molar-refractivity contribution in [1.29, 1.82) is 0 Å². The smallest absolute Gasteiger partial charge is 0.250 e. The van der Waals surface area contributed by atoms with Crippen molar-refractivity contribution in [3.8, 4) is 0 Å². The van der Waals surface area contributed by atoms with Gasteiger partial charge in [0.2, 0.25) is 0 Å². The molecule has 0 unspecified atom stereocenters. The Hall–Kier alpha value is -1.36. The van der Waals surface area contributed by atoms with Crippen LogP contribution in [-0.2, 0) is 16.9 Å². The van der Waals surface area contributed by atoms with Gasteiger partial charge >= 0.3 is 10.5 Å². The zero-order valence-electron chi connectivity index (χ0n) is 6.84. The Labute approximate surface area is 77.5 Å². The third-order valence-corrected chi connectivity index (χ3v) is 2.36. The van der Waals surface area contributed by atoms with Gasteiger partial charge in [0, 0.05) is 6.54 Å². The molecule has 1 aliphatic rings. The highest BCUT2D eigenvalue weighted by Crippen LogP contribution is 2.27. The molecule has 4 nitrogen and oxygen atoms in total. The molecule has 0 aromatic heterocycles. The molecular formula is C8H8N2O2S. The van der Waals surface area contributed by atoms with E-state index < -0.39 is 10.5 Å². The fourth-order valence-electron chi connectivity index (χ4n) is 1.49. The molecule has 0 fully saturated rings. The lowest BCUT2D eigenvalue weighted by Gasteiger charge is -2.07. The predicted molar refractivity (Wildman–Crippen MR) is 48.8 cm³/mol. The third-order valence-electron chi connectivity index (χ3n) is 2.03. The lowest BCUT2D eigenvalue weighted by atomic mass is 10.2. The highest BCUT2D eigenvalue weighted by Gasteiger charge is 2.17. The van der Waals surface area contributed by atoms with Crippen molar-refractivity contribution in [2.24, 2.45) is 4.47 Å². The van der Waals surface area contributed by atoms with Gasteiger partial charge in [0.1, 0.15) is 0 Å². The summed E-state index contributed by atoms with van der Waals surface area (Å²) in [6, 6.07) is 7.67. The van der Waals surface area contributed by atoms with Gasteiger partial charge in [-0.2, -0.15) is 8.42 Å². The van der Waals surface area contributed by atoms with Crippen molar-refractivity contribution in [1.82, 2.24) is 0 Å². The van der Waals surface area contributed by atoms with Gasteiger partial charge in [-0.25, -0.2) is 5.01 Å². The van der Waals surface area contributed by atoms with Crippen LogP contribution < -0.4 is 5.01 Å². The van der Waals surface area contributed by atoms with E-state index >= 15 is 0 Å². The Morgan fingerprint density at radius 3 is 2.85 bits per heavy atom. The lowest BCUT2D eigenvalue weighted by Crippen LogP contribution is -2.11. The van der Waals surface area contributed by atoms with Gasteiger partial charge in [-0.1, -0.05) is 22.7 Å². The van der Waals surface area contributed by atoms with Crippen LogP contribution in [0.3, 0.4) is 0 Å². The fraction of sp³-hybridized carbons (Fsp3) is 0.250. The molecule has 1 aromatic rings. The molecule has 0 spiro atoms. The molecule has 0 amide bonds. The lowest BCUT2D eigenvalue weighted by molar-refractivity contribution is 0.619. The normalized spacial score (nSPS) is 14.0. The quantitative estimate of drug-likeness (QED) is 0.674. The van der Waals surface area contributed by atoms with Crippen LogP contribution in [0.4, 0.5) is 5.69 Å². The Bertz CT molecular complexity index is 445. The number of anilines is 1. The van der Waals surface area contributed by atoms with E-state index in [9.17, 15) is 8.42 Å². The highest BCUT2D eigenvalue weighted by atomic mass is 32.2. The van der Waals surface area contributed by atoms with Crippen molar-refractivity contribution in [2.75, 3.05) is 11.6 Å². The molecule has 0 aliphatic carbocycles. The van der Waals surface area contributed by atoms with Crippen LogP contribution in [0.15, 0.2) is 28.7 Å². The van der Waals surface area contributed by atoms with Crippen LogP contribution in [0.1, 0.15) is 5.56 Å². The van der Waals surface area contributed by atoms with Crippen LogP contribution in [0, 0.1) is 0 Å². The summed E-state index contributed by atoms with van der Waals surface area (Å²) in [5, 5.41) is 1.51. The van der Waals surface area contributed by atoms with Crippen LogP contribution in [0.25, 0.3) is 0 Å². The second kappa shape index (κ2) is 3.18. The van der Waals surface area contributed by atoms with Crippen LogP contribution in [0.2, 0.25) is 0 Å². The van der Waals surface area contributed by atoms with E-state index in [2.05, 4.69) is 4.47 Å². The first-order valence-electron chi connectivity index (χ1n) is 3.94. The molecule has 1 aliphatic heterocycles. The zero-order chi connectivity index (χ0) is 9.26. The first-order chi connectivity index (χ1) is 6.27. The van der Waals surface area contributed by atoms with E-state index in [1.165, 1.54) is 5.01 Å². The van der Waals surface area contributed by atoms with Gasteiger partial charge in [0.15, 0.2) is 0 Å². The Balaban J connectivity index is 2.44. The highest BCUT2D eigenvalue weighted by molar-refractivity contribution is 7.61. The summed E-state index contributed by atoms with van der Waals surface area (Å²) >= 11 is 0. The number of fused-ring (bicyclic) bond motifs is 1. The van der Waals surface area contributed by atoms with Gasteiger partial charge in [0.05, 0.1) is 5.69 Å². The first-order valence-corrected chi connectivity index (χ1v) is 4.97. The van der Waals surface area contributed by atoms with Crippen molar-refractivity contribution < 1.29 is 8.42 Å². The number of benzene rings is 1. The summed E-state index contributed by atoms with van der Waals surface area (Å²) in [5.74, 6) is 0. The number of para-hydroxylation sites is 1. The molecule has 0 saturated carbocycles. The number of hydrogen-bond donors (Lipinski definition) is 0. The van der Waals surface area contributed by atoms with Crippen LogP contribution in [0.5, 0.6) is 0 Å². The summed E-state index contributed by atoms with van der Waals surface area (Å²) < 4.78 is 24.2. The van der Waals surface area contributed by atoms with E-state index in [0.29, 0.717) is 6.54 Å². The maximum absolute atomic E-state index is 10.4.